The van der Waals surface area contributed by atoms with Crippen LogP contribution in [0, 0.1) is 11.3 Å². The monoisotopic (exact) mass is 413 g/mol. The third-order valence-electron chi connectivity index (χ3n) is 5.88. The number of amides is 3. The molecule has 0 radical (unpaired) electrons. The van der Waals surface area contributed by atoms with Gasteiger partial charge in [-0.05, 0) is 81.7 Å². The molecule has 1 atom stereocenters. The Labute approximate surface area is 177 Å². The van der Waals surface area contributed by atoms with Crippen molar-refractivity contribution in [3.8, 4) is 0 Å². The van der Waals surface area contributed by atoms with Crippen molar-refractivity contribution in [1.82, 2.24) is 10.2 Å². The molecule has 3 rings (SSSR count). The van der Waals surface area contributed by atoms with Crippen LogP contribution < -0.4 is 10.6 Å². The first kappa shape index (κ1) is 21.9. The first-order valence-electron chi connectivity index (χ1n) is 10.4. The number of piperidine rings is 1. The first-order valence-corrected chi connectivity index (χ1v) is 10.4. The van der Waals surface area contributed by atoms with Crippen LogP contribution in [0.2, 0.25) is 0 Å². The van der Waals surface area contributed by atoms with Gasteiger partial charge in [-0.1, -0.05) is 6.58 Å². The van der Waals surface area contributed by atoms with E-state index in [1.54, 1.807) is 29.2 Å². The highest BCUT2D eigenvalue weighted by atomic mass is 16.6. The maximum Gasteiger partial charge on any atom is 0.410 e. The van der Waals surface area contributed by atoms with Gasteiger partial charge in [0.05, 0.1) is 0 Å². The number of hydrogen-bond acceptors (Lipinski definition) is 4. The lowest BCUT2D eigenvalue weighted by atomic mass is 9.91. The van der Waals surface area contributed by atoms with E-state index in [0.717, 1.165) is 19.3 Å². The van der Waals surface area contributed by atoms with Gasteiger partial charge in [0.2, 0.25) is 5.91 Å². The van der Waals surface area contributed by atoms with Crippen molar-refractivity contribution in [1.29, 1.82) is 0 Å². The van der Waals surface area contributed by atoms with Gasteiger partial charge in [-0.15, -0.1) is 0 Å². The van der Waals surface area contributed by atoms with Crippen LogP contribution in [0.25, 0.3) is 0 Å². The minimum atomic E-state index is -0.478. The molecule has 7 nitrogen and oxygen atoms in total. The Balaban J connectivity index is 1.43. The maximum atomic E-state index is 12.4. The van der Waals surface area contributed by atoms with Crippen molar-refractivity contribution in [2.24, 2.45) is 11.3 Å². The van der Waals surface area contributed by atoms with Crippen molar-refractivity contribution in [3.63, 3.8) is 0 Å². The standard InChI is InChI=1S/C23H31N3O4/c1-5-19(27)25-18-8-6-16(7-9-18)20(28)24-15-17-14-23(17)10-12-26(13-11-23)21(29)30-22(2,3)4/h5-9,17H,1,10-15H2,2-4H3,(H,24,28)(H,25,27). The van der Waals surface area contributed by atoms with Crippen LogP contribution in [-0.4, -0.2) is 48.0 Å². The van der Waals surface area contributed by atoms with Crippen LogP contribution in [0.5, 0.6) is 0 Å². The molecule has 162 valence electrons. The van der Waals surface area contributed by atoms with Crippen LogP contribution in [0.15, 0.2) is 36.9 Å². The number of nitrogens with zero attached hydrogens (tertiary/aromatic N) is 1. The van der Waals surface area contributed by atoms with Gasteiger partial charge in [0.1, 0.15) is 5.60 Å². The molecule has 7 heteroatoms. The van der Waals surface area contributed by atoms with E-state index in [0.29, 0.717) is 36.8 Å². The summed E-state index contributed by atoms with van der Waals surface area (Å²) in [5.74, 6) is 0.0437. The lowest BCUT2D eigenvalue weighted by Gasteiger charge is -2.34. The molecule has 0 aromatic heterocycles. The van der Waals surface area contributed by atoms with Gasteiger partial charge in [0, 0.05) is 30.9 Å². The smallest absolute Gasteiger partial charge is 0.410 e. The zero-order valence-electron chi connectivity index (χ0n) is 18.0. The molecular weight excluding hydrogens is 382 g/mol. The highest BCUT2D eigenvalue weighted by Gasteiger charge is 2.55. The molecule has 1 spiro atoms. The summed E-state index contributed by atoms with van der Waals surface area (Å²) in [4.78, 5) is 37.7. The molecule has 1 aliphatic heterocycles. The van der Waals surface area contributed by atoms with Crippen molar-refractivity contribution >= 4 is 23.6 Å². The fourth-order valence-corrected chi connectivity index (χ4v) is 4.01. The van der Waals surface area contributed by atoms with Crippen LogP contribution in [0.4, 0.5) is 10.5 Å². The van der Waals surface area contributed by atoms with E-state index in [1.807, 2.05) is 20.8 Å². The molecule has 1 saturated heterocycles. The van der Waals surface area contributed by atoms with E-state index in [1.165, 1.54) is 6.08 Å². The highest BCUT2D eigenvalue weighted by molar-refractivity contribution is 5.99. The van der Waals surface area contributed by atoms with E-state index in [-0.39, 0.29) is 23.3 Å². The number of carbonyl (C=O) groups is 3. The second-order valence-corrected chi connectivity index (χ2v) is 9.21. The molecule has 1 heterocycles. The van der Waals surface area contributed by atoms with Crippen molar-refractivity contribution in [3.05, 3.63) is 42.5 Å². The van der Waals surface area contributed by atoms with Gasteiger partial charge >= 0.3 is 6.09 Å². The fraction of sp³-hybridized carbons (Fsp3) is 0.522. The van der Waals surface area contributed by atoms with Crippen molar-refractivity contribution < 1.29 is 19.1 Å². The summed E-state index contributed by atoms with van der Waals surface area (Å²) in [5.41, 5.74) is 0.939. The Bertz CT molecular complexity index is 818. The van der Waals surface area contributed by atoms with Gasteiger partial charge in [0.15, 0.2) is 0 Å². The Morgan fingerprint density at radius 3 is 2.40 bits per heavy atom. The van der Waals surface area contributed by atoms with Gasteiger partial charge in [-0.25, -0.2) is 4.79 Å². The lowest BCUT2D eigenvalue weighted by Crippen LogP contribution is -2.42. The van der Waals surface area contributed by atoms with Crippen LogP contribution in [-0.2, 0) is 9.53 Å². The van der Waals surface area contributed by atoms with E-state index >= 15 is 0 Å². The number of likely N-dealkylation sites (tertiary alicyclic amines) is 1. The predicted molar refractivity (Wildman–Crippen MR) is 115 cm³/mol. The molecule has 1 unspecified atom stereocenters. The third kappa shape index (κ3) is 5.40. The number of rotatable bonds is 5. The molecule has 1 aliphatic carbocycles. The molecule has 2 aliphatic rings. The van der Waals surface area contributed by atoms with Gasteiger partial charge in [-0.3, -0.25) is 9.59 Å². The fourth-order valence-electron chi connectivity index (χ4n) is 4.01. The van der Waals surface area contributed by atoms with Crippen LogP contribution >= 0.6 is 0 Å². The topological polar surface area (TPSA) is 87.7 Å². The summed E-state index contributed by atoms with van der Waals surface area (Å²) in [6.45, 7) is 11.1. The molecule has 1 saturated carbocycles. The minimum absolute atomic E-state index is 0.121. The second kappa shape index (κ2) is 8.50. The average Bonchev–Trinajstić information content (AvgIpc) is 3.37. The Hall–Kier alpha value is -2.83. The number of benzene rings is 1. The summed E-state index contributed by atoms with van der Waals surface area (Å²) < 4.78 is 5.46. The van der Waals surface area contributed by atoms with Gasteiger partial charge in [-0.2, -0.15) is 0 Å². The Morgan fingerprint density at radius 2 is 1.83 bits per heavy atom. The first-order chi connectivity index (χ1) is 14.1. The quantitative estimate of drug-likeness (QED) is 0.723. The third-order valence-corrected chi connectivity index (χ3v) is 5.88. The van der Waals surface area contributed by atoms with Gasteiger partial charge in [0.25, 0.3) is 5.91 Å². The normalized spacial score (nSPS) is 19.7. The number of ether oxygens (including phenoxy) is 1. The van der Waals surface area contributed by atoms with E-state index in [2.05, 4.69) is 17.2 Å². The number of nitrogens with one attached hydrogen (secondary N) is 2. The lowest BCUT2D eigenvalue weighted by molar-refractivity contribution is -0.111. The summed E-state index contributed by atoms with van der Waals surface area (Å²) in [6, 6.07) is 6.77. The maximum absolute atomic E-state index is 12.4. The molecule has 2 N–H and O–H groups in total. The average molecular weight is 414 g/mol. The largest absolute Gasteiger partial charge is 0.444 e. The number of anilines is 1. The molecule has 1 aromatic carbocycles. The van der Waals surface area contributed by atoms with Crippen LogP contribution in [0.1, 0.15) is 50.4 Å². The molecular formula is C23H31N3O4. The van der Waals surface area contributed by atoms with E-state index in [4.69, 9.17) is 4.74 Å². The van der Waals surface area contributed by atoms with Crippen LogP contribution in [0.3, 0.4) is 0 Å². The zero-order valence-corrected chi connectivity index (χ0v) is 18.0. The number of hydrogen-bond donors (Lipinski definition) is 2. The molecule has 0 bridgehead atoms. The second-order valence-electron chi connectivity index (χ2n) is 9.21. The highest BCUT2D eigenvalue weighted by Crippen LogP contribution is 2.59. The van der Waals surface area contributed by atoms with Gasteiger partial charge < -0.3 is 20.3 Å². The minimum Gasteiger partial charge on any atom is -0.444 e. The zero-order chi connectivity index (χ0) is 21.9. The summed E-state index contributed by atoms with van der Waals surface area (Å²) >= 11 is 0. The molecule has 30 heavy (non-hydrogen) atoms. The van der Waals surface area contributed by atoms with E-state index in [9.17, 15) is 14.4 Å². The predicted octanol–water partition coefficient (Wildman–Crippen LogP) is 3.58. The summed E-state index contributed by atoms with van der Waals surface area (Å²) in [5, 5.41) is 5.68. The number of carbonyl (C=O) groups excluding carboxylic acids is 3. The van der Waals surface area contributed by atoms with Crippen molar-refractivity contribution in [2.75, 3.05) is 25.0 Å². The molecule has 2 fully saturated rings. The molecule has 3 amide bonds. The Kier molecular flexibility index (Phi) is 6.19. The van der Waals surface area contributed by atoms with E-state index < -0.39 is 5.60 Å². The SMILES string of the molecule is C=CC(=O)Nc1ccc(C(=O)NCC2CC23CCN(C(=O)OC(C)(C)C)CC3)cc1. The molecule has 1 aromatic rings. The van der Waals surface area contributed by atoms with Crippen molar-refractivity contribution in [2.45, 2.75) is 45.6 Å². The summed E-state index contributed by atoms with van der Waals surface area (Å²) in [6.07, 6.45) is 3.94. The summed E-state index contributed by atoms with van der Waals surface area (Å²) in [7, 11) is 0. The Morgan fingerprint density at radius 1 is 1.20 bits per heavy atom.